The van der Waals surface area contributed by atoms with Crippen molar-refractivity contribution in [2.24, 2.45) is 0 Å². The number of thiophene rings is 1. The third-order valence-electron chi connectivity index (χ3n) is 3.84. The maximum atomic E-state index is 6.21. The highest BCUT2D eigenvalue weighted by atomic mass is 35.5. The average molecular weight is 297 g/mol. The van der Waals surface area contributed by atoms with Crippen LogP contribution >= 0.6 is 22.9 Å². The molecule has 1 aromatic heterocycles. The molecule has 1 heterocycles. The summed E-state index contributed by atoms with van der Waals surface area (Å²) in [6, 6.07) is 17.5. The van der Waals surface area contributed by atoms with E-state index in [0.29, 0.717) is 5.88 Å². The van der Waals surface area contributed by atoms with Crippen molar-refractivity contribution >= 4 is 53.9 Å². The molecule has 0 aliphatic carbocycles. The Bertz CT molecular complexity index is 950. The van der Waals surface area contributed by atoms with Gasteiger partial charge in [0, 0.05) is 26.1 Å². The largest absolute Gasteiger partial charge is 0.135 e. The molecule has 0 saturated heterocycles. The summed E-state index contributed by atoms with van der Waals surface area (Å²) in [6.07, 6.45) is 0. The number of fused-ring (bicyclic) bond motifs is 5. The minimum Gasteiger partial charge on any atom is -0.135 e. The molecule has 0 saturated carbocycles. The summed E-state index contributed by atoms with van der Waals surface area (Å²) in [4.78, 5) is 0. The Morgan fingerprint density at radius 1 is 1.00 bits per heavy atom. The number of halogens is 1. The van der Waals surface area contributed by atoms with Crippen molar-refractivity contribution in [1.29, 1.82) is 0 Å². The van der Waals surface area contributed by atoms with Crippen LogP contribution < -0.4 is 0 Å². The second kappa shape index (κ2) is 4.47. The summed E-state index contributed by atoms with van der Waals surface area (Å²) in [5, 5.41) is 5.28. The molecular weight excluding hydrogens is 284 g/mol. The van der Waals surface area contributed by atoms with Gasteiger partial charge in [0.25, 0.3) is 0 Å². The monoisotopic (exact) mass is 296 g/mol. The highest BCUT2D eigenvalue weighted by Gasteiger charge is 2.12. The quantitative estimate of drug-likeness (QED) is 0.364. The molecule has 0 aliphatic heterocycles. The maximum absolute atomic E-state index is 6.21. The summed E-state index contributed by atoms with van der Waals surface area (Å²) in [5.74, 6) is 0.557. The Hall–Kier alpha value is -1.57. The standard InChI is InChI=1S/C18H13ClS/c1-11-6-7-16-15(8-11)17-13(10-19)9-12-4-2-3-5-14(12)18(17)20-16/h2-9H,10H2,1H3. The SMILES string of the molecule is Cc1ccc2sc3c4ccccc4cc(CCl)c3c2c1. The predicted molar refractivity (Wildman–Crippen MR) is 91.1 cm³/mol. The molecule has 98 valence electrons. The molecule has 0 N–H and O–H groups in total. The first-order chi connectivity index (χ1) is 9.78. The van der Waals surface area contributed by atoms with Crippen molar-refractivity contribution < 1.29 is 0 Å². The van der Waals surface area contributed by atoms with Gasteiger partial charge in [-0.05, 0) is 41.5 Å². The van der Waals surface area contributed by atoms with Gasteiger partial charge in [-0.3, -0.25) is 0 Å². The Labute approximate surface area is 126 Å². The number of alkyl halides is 1. The molecule has 0 unspecified atom stereocenters. The van der Waals surface area contributed by atoms with Gasteiger partial charge in [-0.25, -0.2) is 0 Å². The van der Waals surface area contributed by atoms with Crippen molar-refractivity contribution in [1.82, 2.24) is 0 Å². The normalized spacial score (nSPS) is 11.7. The van der Waals surface area contributed by atoms with Crippen LogP contribution in [0.5, 0.6) is 0 Å². The Morgan fingerprint density at radius 2 is 1.85 bits per heavy atom. The lowest BCUT2D eigenvalue weighted by atomic mass is 10.0. The Kier molecular flexibility index (Phi) is 2.73. The zero-order valence-corrected chi connectivity index (χ0v) is 12.7. The van der Waals surface area contributed by atoms with Crippen LogP contribution in [0.4, 0.5) is 0 Å². The van der Waals surface area contributed by atoms with Gasteiger partial charge in [0.2, 0.25) is 0 Å². The van der Waals surface area contributed by atoms with Gasteiger partial charge in [0.1, 0.15) is 0 Å². The second-order valence-electron chi connectivity index (χ2n) is 5.20. The van der Waals surface area contributed by atoms with E-state index in [0.717, 1.165) is 0 Å². The van der Waals surface area contributed by atoms with E-state index in [4.69, 9.17) is 11.6 Å². The van der Waals surface area contributed by atoms with Crippen molar-refractivity contribution in [3.05, 3.63) is 59.7 Å². The fraction of sp³-hybridized carbons (Fsp3) is 0.111. The molecule has 0 nitrogen and oxygen atoms in total. The molecule has 4 aromatic rings. The lowest BCUT2D eigenvalue weighted by Gasteiger charge is -2.05. The van der Waals surface area contributed by atoms with Crippen molar-refractivity contribution in [3.63, 3.8) is 0 Å². The molecule has 0 amide bonds. The fourth-order valence-corrected chi connectivity index (χ4v) is 4.39. The summed E-state index contributed by atoms with van der Waals surface area (Å²) in [7, 11) is 0. The zero-order chi connectivity index (χ0) is 13.7. The van der Waals surface area contributed by atoms with Crippen LogP contribution in [0.15, 0.2) is 48.5 Å². The molecule has 2 heteroatoms. The number of hydrogen-bond donors (Lipinski definition) is 0. The van der Waals surface area contributed by atoms with Gasteiger partial charge < -0.3 is 0 Å². The van der Waals surface area contributed by atoms with Crippen LogP contribution in [0.3, 0.4) is 0 Å². The maximum Gasteiger partial charge on any atom is 0.0480 e. The molecule has 4 rings (SSSR count). The third kappa shape index (κ3) is 1.67. The van der Waals surface area contributed by atoms with Gasteiger partial charge in [0.05, 0.1) is 0 Å². The number of benzene rings is 3. The van der Waals surface area contributed by atoms with Crippen molar-refractivity contribution in [2.75, 3.05) is 0 Å². The van der Waals surface area contributed by atoms with Crippen LogP contribution in [-0.4, -0.2) is 0 Å². The summed E-state index contributed by atoms with van der Waals surface area (Å²) in [5.41, 5.74) is 2.53. The van der Waals surface area contributed by atoms with Gasteiger partial charge in [0.15, 0.2) is 0 Å². The molecule has 0 spiro atoms. The summed E-state index contributed by atoms with van der Waals surface area (Å²) in [6.45, 7) is 2.14. The molecule has 0 bridgehead atoms. The van der Waals surface area contributed by atoms with Gasteiger partial charge >= 0.3 is 0 Å². The van der Waals surface area contributed by atoms with E-state index in [9.17, 15) is 0 Å². The number of aryl methyl sites for hydroxylation is 1. The van der Waals surface area contributed by atoms with Crippen LogP contribution in [0.25, 0.3) is 30.9 Å². The zero-order valence-electron chi connectivity index (χ0n) is 11.1. The molecular formula is C18H13ClS. The van der Waals surface area contributed by atoms with Crippen LogP contribution in [0, 0.1) is 6.92 Å². The lowest BCUT2D eigenvalue weighted by molar-refractivity contribution is 1.48. The smallest absolute Gasteiger partial charge is 0.0480 e. The Morgan fingerprint density at radius 3 is 2.70 bits per heavy atom. The van der Waals surface area contributed by atoms with Gasteiger partial charge in [-0.15, -0.1) is 22.9 Å². The van der Waals surface area contributed by atoms with E-state index < -0.39 is 0 Å². The minimum absolute atomic E-state index is 0.557. The van der Waals surface area contributed by atoms with Crippen molar-refractivity contribution in [2.45, 2.75) is 12.8 Å². The fourth-order valence-electron chi connectivity index (χ4n) is 2.91. The highest BCUT2D eigenvalue weighted by molar-refractivity contribution is 7.26. The molecule has 0 radical (unpaired) electrons. The van der Waals surface area contributed by atoms with E-state index in [1.54, 1.807) is 0 Å². The second-order valence-corrected chi connectivity index (χ2v) is 6.52. The highest BCUT2D eigenvalue weighted by Crippen LogP contribution is 2.41. The van der Waals surface area contributed by atoms with E-state index >= 15 is 0 Å². The Balaban J connectivity index is 2.32. The van der Waals surface area contributed by atoms with E-state index in [-0.39, 0.29) is 0 Å². The molecule has 0 fully saturated rings. The molecule has 20 heavy (non-hydrogen) atoms. The van der Waals surface area contributed by atoms with E-state index in [1.165, 1.54) is 42.1 Å². The van der Waals surface area contributed by atoms with Crippen LogP contribution in [0.2, 0.25) is 0 Å². The predicted octanol–water partition coefficient (Wildman–Crippen LogP) is 6.25. The van der Waals surface area contributed by atoms with Gasteiger partial charge in [-0.1, -0.05) is 35.9 Å². The minimum atomic E-state index is 0.557. The van der Waals surface area contributed by atoms with E-state index in [1.807, 2.05) is 11.3 Å². The molecule has 0 atom stereocenters. The summed E-state index contributed by atoms with van der Waals surface area (Å²) >= 11 is 8.08. The first kappa shape index (κ1) is 12.2. The number of rotatable bonds is 1. The third-order valence-corrected chi connectivity index (χ3v) is 5.34. The molecule has 3 aromatic carbocycles. The van der Waals surface area contributed by atoms with E-state index in [2.05, 4.69) is 55.5 Å². The van der Waals surface area contributed by atoms with Gasteiger partial charge in [-0.2, -0.15) is 0 Å². The van der Waals surface area contributed by atoms with Crippen LogP contribution in [-0.2, 0) is 5.88 Å². The lowest BCUT2D eigenvalue weighted by Crippen LogP contribution is -1.82. The number of hydrogen-bond acceptors (Lipinski definition) is 1. The molecule has 0 aliphatic rings. The average Bonchev–Trinajstić information content (AvgIpc) is 2.85. The first-order valence-corrected chi connectivity index (χ1v) is 8.02. The topological polar surface area (TPSA) is 0 Å². The summed E-state index contributed by atoms with van der Waals surface area (Å²) < 4.78 is 2.70. The van der Waals surface area contributed by atoms with Crippen molar-refractivity contribution in [3.8, 4) is 0 Å². The van der Waals surface area contributed by atoms with Crippen LogP contribution in [0.1, 0.15) is 11.1 Å². The first-order valence-electron chi connectivity index (χ1n) is 6.67.